The van der Waals surface area contributed by atoms with Crippen molar-refractivity contribution in [3.63, 3.8) is 0 Å². The second kappa shape index (κ2) is 10.4. The Morgan fingerprint density at radius 2 is 1.27 bits per heavy atom. The van der Waals surface area contributed by atoms with Crippen LogP contribution in [0.5, 0.6) is 0 Å². The molecule has 0 rings (SSSR count). The maximum absolute atomic E-state index is 5.37. The van der Waals surface area contributed by atoms with Gasteiger partial charge in [0.15, 0.2) is 0 Å². The van der Waals surface area contributed by atoms with Gasteiger partial charge in [-0.25, -0.2) is 0 Å². The quantitative estimate of drug-likeness (QED) is 0.517. The van der Waals surface area contributed by atoms with Gasteiger partial charge in [-0.3, -0.25) is 0 Å². The molecule has 92 valence electrons. The summed E-state index contributed by atoms with van der Waals surface area (Å²) in [5.41, 5.74) is 0. The predicted molar refractivity (Wildman–Crippen MR) is 66.4 cm³/mol. The molecule has 0 spiro atoms. The fourth-order valence-electron chi connectivity index (χ4n) is 1.59. The molecule has 0 aromatic rings. The first-order chi connectivity index (χ1) is 7.28. The van der Waals surface area contributed by atoms with E-state index in [1.807, 2.05) is 6.92 Å². The molecule has 0 aromatic heterocycles. The van der Waals surface area contributed by atoms with E-state index in [1.165, 1.54) is 6.54 Å². The molecular formula is C12H28N2O. The van der Waals surface area contributed by atoms with Gasteiger partial charge in [0.05, 0.1) is 6.61 Å². The third-order valence-electron chi connectivity index (χ3n) is 2.83. The number of likely N-dealkylation sites (N-methyl/N-ethyl adjacent to an activating group) is 2. The molecule has 0 aliphatic rings. The Balaban J connectivity index is 3.59. The molecule has 0 bridgehead atoms. The third-order valence-corrected chi connectivity index (χ3v) is 2.83. The number of hydrogen-bond donors (Lipinski definition) is 0. The van der Waals surface area contributed by atoms with Crippen molar-refractivity contribution < 1.29 is 4.74 Å². The molecule has 3 heteroatoms. The van der Waals surface area contributed by atoms with Crippen molar-refractivity contribution in [2.45, 2.75) is 27.7 Å². The van der Waals surface area contributed by atoms with Gasteiger partial charge < -0.3 is 14.5 Å². The summed E-state index contributed by atoms with van der Waals surface area (Å²) in [5.74, 6) is 0. The fraction of sp³-hybridized carbons (Fsp3) is 1.00. The minimum atomic E-state index is 0.827. The highest BCUT2D eigenvalue weighted by Crippen LogP contribution is 1.92. The van der Waals surface area contributed by atoms with E-state index < -0.39 is 0 Å². The molecule has 15 heavy (non-hydrogen) atoms. The average molecular weight is 216 g/mol. The van der Waals surface area contributed by atoms with Crippen LogP contribution in [0.1, 0.15) is 27.7 Å². The van der Waals surface area contributed by atoms with E-state index in [1.54, 1.807) is 0 Å². The number of rotatable bonds is 10. The Morgan fingerprint density at radius 1 is 0.733 bits per heavy atom. The molecule has 0 atom stereocenters. The Kier molecular flexibility index (Phi) is 10.3. The van der Waals surface area contributed by atoms with Gasteiger partial charge in [-0.1, -0.05) is 20.8 Å². The number of ether oxygens (including phenoxy) is 1. The van der Waals surface area contributed by atoms with Crippen LogP contribution in [0.15, 0.2) is 0 Å². The van der Waals surface area contributed by atoms with Crippen LogP contribution in [0.4, 0.5) is 0 Å². The predicted octanol–water partition coefficient (Wildman–Crippen LogP) is 1.69. The second-order valence-corrected chi connectivity index (χ2v) is 3.66. The van der Waals surface area contributed by atoms with Crippen LogP contribution in [-0.4, -0.2) is 62.3 Å². The minimum Gasteiger partial charge on any atom is -0.380 e. The first-order valence-electron chi connectivity index (χ1n) is 6.30. The van der Waals surface area contributed by atoms with Crippen LogP contribution in [0, 0.1) is 0 Å². The lowest BCUT2D eigenvalue weighted by molar-refractivity contribution is 0.110. The summed E-state index contributed by atoms with van der Waals surface area (Å²) in [6.07, 6.45) is 0. The highest BCUT2D eigenvalue weighted by atomic mass is 16.5. The summed E-state index contributed by atoms with van der Waals surface area (Å²) in [5, 5.41) is 0. The molecule has 3 nitrogen and oxygen atoms in total. The lowest BCUT2D eigenvalue weighted by atomic mass is 10.4. The zero-order valence-electron chi connectivity index (χ0n) is 11.0. The lowest BCUT2D eigenvalue weighted by Crippen LogP contribution is -2.36. The van der Waals surface area contributed by atoms with Gasteiger partial charge in [0.2, 0.25) is 0 Å². The Morgan fingerprint density at radius 3 is 1.73 bits per heavy atom. The third kappa shape index (κ3) is 7.77. The first kappa shape index (κ1) is 14.9. The van der Waals surface area contributed by atoms with E-state index in [2.05, 4.69) is 30.6 Å². The molecule has 0 N–H and O–H groups in total. The topological polar surface area (TPSA) is 15.7 Å². The van der Waals surface area contributed by atoms with Gasteiger partial charge in [-0.05, 0) is 26.6 Å². The summed E-state index contributed by atoms with van der Waals surface area (Å²) in [6, 6.07) is 0. The van der Waals surface area contributed by atoms with Crippen LogP contribution in [0.2, 0.25) is 0 Å². The van der Waals surface area contributed by atoms with Gasteiger partial charge in [0.1, 0.15) is 0 Å². The Labute approximate surface area is 95.4 Å². The van der Waals surface area contributed by atoms with Crippen molar-refractivity contribution in [1.82, 2.24) is 9.80 Å². The number of hydrogen-bond acceptors (Lipinski definition) is 3. The first-order valence-corrected chi connectivity index (χ1v) is 6.30. The number of nitrogens with zero attached hydrogens (tertiary/aromatic N) is 2. The maximum Gasteiger partial charge on any atom is 0.0593 e. The SMILES string of the molecule is CCOCCN(CC)CCN(CC)CC. The molecule has 0 aliphatic carbocycles. The molecule has 0 fully saturated rings. The van der Waals surface area contributed by atoms with Crippen molar-refractivity contribution in [1.29, 1.82) is 0 Å². The van der Waals surface area contributed by atoms with Crippen LogP contribution >= 0.6 is 0 Å². The van der Waals surface area contributed by atoms with E-state index in [0.29, 0.717) is 0 Å². The van der Waals surface area contributed by atoms with Crippen molar-refractivity contribution in [3.8, 4) is 0 Å². The van der Waals surface area contributed by atoms with E-state index in [4.69, 9.17) is 4.74 Å². The zero-order chi connectivity index (χ0) is 11.5. The van der Waals surface area contributed by atoms with Gasteiger partial charge in [-0.2, -0.15) is 0 Å². The summed E-state index contributed by atoms with van der Waals surface area (Å²) in [7, 11) is 0. The average Bonchev–Trinajstić information content (AvgIpc) is 2.28. The van der Waals surface area contributed by atoms with Gasteiger partial charge in [0, 0.05) is 26.2 Å². The monoisotopic (exact) mass is 216 g/mol. The van der Waals surface area contributed by atoms with Crippen LogP contribution in [-0.2, 0) is 4.74 Å². The second-order valence-electron chi connectivity index (χ2n) is 3.66. The van der Waals surface area contributed by atoms with Crippen LogP contribution in [0.25, 0.3) is 0 Å². The van der Waals surface area contributed by atoms with Crippen molar-refractivity contribution in [3.05, 3.63) is 0 Å². The molecule has 0 heterocycles. The molecule has 0 radical (unpaired) electrons. The van der Waals surface area contributed by atoms with E-state index in [0.717, 1.165) is 45.9 Å². The normalized spacial score (nSPS) is 11.6. The van der Waals surface area contributed by atoms with Crippen LogP contribution < -0.4 is 0 Å². The van der Waals surface area contributed by atoms with Crippen LogP contribution in [0.3, 0.4) is 0 Å². The molecular weight excluding hydrogens is 188 g/mol. The molecule has 0 saturated carbocycles. The minimum absolute atomic E-state index is 0.827. The van der Waals surface area contributed by atoms with E-state index in [-0.39, 0.29) is 0 Å². The summed E-state index contributed by atoms with van der Waals surface area (Å²) >= 11 is 0. The zero-order valence-corrected chi connectivity index (χ0v) is 11.0. The molecule has 0 amide bonds. The highest BCUT2D eigenvalue weighted by molar-refractivity contribution is 4.59. The van der Waals surface area contributed by atoms with Gasteiger partial charge in [0.25, 0.3) is 0 Å². The van der Waals surface area contributed by atoms with Gasteiger partial charge in [-0.15, -0.1) is 0 Å². The highest BCUT2D eigenvalue weighted by Gasteiger charge is 2.04. The van der Waals surface area contributed by atoms with Crippen molar-refractivity contribution >= 4 is 0 Å². The van der Waals surface area contributed by atoms with E-state index >= 15 is 0 Å². The summed E-state index contributed by atoms with van der Waals surface area (Å²) in [4.78, 5) is 4.91. The summed E-state index contributed by atoms with van der Waals surface area (Å²) < 4.78 is 5.37. The summed E-state index contributed by atoms with van der Waals surface area (Å²) in [6.45, 7) is 17.2. The van der Waals surface area contributed by atoms with Crippen molar-refractivity contribution in [2.75, 3.05) is 52.5 Å². The lowest BCUT2D eigenvalue weighted by Gasteiger charge is -2.25. The molecule has 0 aliphatic heterocycles. The fourth-order valence-corrected chi connectivity index (χ4v) is 1.59. The Bertz CT molecular complexity index is 127. The van der Waals surface area contributed by atoms with E-state index in [9.17, 15) is 0 Å². The smallest absolute Gasteiger partial charge is 0.0593 e. The standard InChI is InChI=1S/C12H28N2O/c1-5-13(6-2)9-10-14(7-3)11-12-15-8-4/h5-12H2,1-4H3. The maximum atomic E-state index is 5.37. The Hall–Kier alpha value is -0.120. The molecule has 0 unspecified atom stereocenters. The largest absolute Gasteiger partial charge is 0.380 e. The van der Waals surface area contributed by atoms with Gasteiger partial charge >= 0.3 is 0 Å². The molecule has 0 aromatic carbocycles. The molecule has 0 saturated heterocycles. The van der Waals surface area contributed by atoms with Crippen molar-refractivity contribution in [2.24, 2.45) is 0 Å².